The lowest BCUT2D eigenvalue weighted by molar-refractivity contribution is -0.393. The largest absolute Gasteiger partial charge is 0.393 e. The molecule has 0 spiro atoms. The van der Waals surface area contributed by atoms with E-state index < -0.39 is 9.85 Å². The van der Waals surface area contributed by atoms with E-state index in [1.807, 2.05) is 0 Å². The molecular formula is C33H50N4O5. The minimum atomic E-state index is -0.612. The number of benzene rings is 1. The molecule has 0 aromatic heterocycles. The molecule has 4 aliphatic rings. The van der Waals surface area contributed by atoms with Crippen LogP contribution in [-0.2, 0) is 0 Å². The first-order valence-electron chi connectivity index (χ1n) is 16.2. The maximum Gasteiger partial charge on any atom is 0.300 e. The van der Waals surface area contributed by atoms with E-state index in [2.05, 4.69) is 51.5 Å². The van der Waals surface area contributed by atoms with Crippen molar-refractivity contribution in [3.05, 3.63) is 50.1 Å². The minimum Gasteiger partial charge on any atom is -0.393 e. The highest BCUT2D eigenvalue weighted by Crippen LogP contribution is 2.67. The molecule has 0 bridgehead atoms. The number of nitro benzene ring substituents is 2. The number of aliphatic hydroxyl groups excluding tert-OH is 1. The molecule has 9 nitrogen and oxygen atoms in total. The van der Waals surface area contributed by atoms with Gasteiger partial charge < -0.3 is 10.5 Å². The third kappa shape index (κ3) is 5.59. The fourth-order valence-electron chi connectivity index (χ4n) is 9.88. The van der Waals surface area contributed by atoms with Gasteiger partial charge in [0, 0.05) is 12.1 Å². The second-order valence-electron chi connectivity index (χ2n) is 14.8. The topological polar surface area (TPSA) is 131 Å². The van der Waals surface area contributed by atoms with Gasteiger partial charge >= 0.3 is 5.69 Å². The van der Waals surface area contributed by atoms with Crippen LogP contribution in [-0.4, -0.2) is 27.1 Å². The van der Waals surface area contributed by atoms with Gasteiger partial charge in [0.1, 0.15) is 5.69 Å². The Kier molecular flexibility index (Phi) is 8.74. The second-order valence-corrected chi connectivity index (χ2v) is 14.8. The molecule has 0 amide bonds. The Bertz CT molecular complexity index is 1220. The number of non-ortho nitro benzene ring substituents is 1. The monoisotopic (exact) mass is 582 g/mol. The van der Waals surface area contributed by atoms with Crippen LogP contribution in [0, 0.1) is 66.6 Å². The predicted molar refractivity (Wildman–Crippen MR) is 165 cm³/mol. The fraction of sp³-hybridized carbons (Fsp3) is 0.758. The Balaban J connectivity index is 1.44. The summed E-state index contributed by atoms with van der Waals surface area (Å²) in [6.45, 7) is 12.0. The lowest BCUT2D eigenvalue weighted by Crippen LogP contribution is -2.58. The first kappa shape index (κ1) is 30.9. The van der Waals surface area contributed by atoms with E-state index in [1.54, 1.807) is 0 Å². The van der Waals surface area contributed by atoms with E-state index in [9.17, 15) is 25.3 Å². The van der Waals surface area contributed by atoms with Gasteiger partial charge in [0.15, 0.2) is 0 Å². The molecule has 0 heterocycles. The van der Waals surface area contributed by atoms with Crippen LogP contribution in [0.2, 0.25) is 0 Å². The number of nitro groups is 2. The number of nitrogens with one attached hydrogen (secondary N) is 2. The fourth-order valence-corrected chi connectivity index (χ4v) is 9.88. The summed E-state index contributed by atoms with van der Waals surface area (Å²) in [5.41, 5.74) is 7.83. The number of hydrogen-bond acceptors (Lipinski definition) is 7. The number of fused-ring (bicyclic) bond motifs is 5. The van der Waals surface area contributed by atoms with Crippen molar-refractivity contribution in [2.75, 3.05) is 5.43 Å². The van der Waals surface area contributed by atoms with Gasteiger partial charge in [-0.1, -0.05) is 65.5 Å². The summed E-state index contributed by atoms with van der Waals surface area (Å²) in [5.74, 6) is 3.52. The van der Waals surface area contributed by atoms with Gasteiger partial charge in [-0.3, -0.25) is 20.2 Å². The zero-order valence-electron chi connectivity index (χ0n) is 26.0. The molecule has 232 valence electrons. The molecule has 0 aliphatic heterocycles. The van der Waals surface area contributed by atoms with Crippen molar-refractivity contribution >= 4 is 17.1 Å². The summed E-state index contributed by atoms with van der Waals surface area (Å²) in [6, 6.07) is 3.67. The van der Waals surface area contributed by atoms with E-state index in [4.69, 9.17) is 0 Å². The van der Waals surface area contributed by atoms with Gasteiger partial charge in [0.05, 0.1) is 22.0 Å². The van der Waals surface area contributed by atoms with Crippen molar-refractivity contribution in [3.63, 3.8) is 0 Å². The maximum absolute atomic E-state index is 11.8. The van der Waals surface area contributed by atoms with Gasteiger partial charge in [-0.15, -0.1) is 0 Å². The summed E-state index contributed by atoms with van der Waals surface area (Å²) >= 11 is 0. The van der Waals surface area contributed by atoms with Crippen LogP contribution in [0.15, 0.2) is 29.8 Å². The first-order valence-corrected chi connectivity index (χ1v) is 16.2. The highest BCUT2D eigenvalue weighted by atomic mass is 16.6. The first-order chi connectivity index (χ1) is 19.8. The van der Waals surface area contributed by atoms with E-state index >= 15 is 0 Å². The normalized spacial score (nSPS) is 36.4. The molecule has 3 N–H and O–H groups in total. The Morgan fingerprint density at radius 3 is 2.45 bits per heavy atom. The zero-order valence-corrected chi connectivity index (χ0v) is 26.0. The van der Waals surface area contributed by atoms with Gasteiger partial charge in [-0.2, -0.15) is 0 Å². The number of hydrazine groups is 1. The molecule has 9 heteroatoms. The summed E-state index contributed by atoms with van der Waals surface area (Å²) in [6.07, 6.45) is 13.2. The Morgan fingerprint density at radius 2 is 1.76 bits per heavy atom. The van der Waals surface area contributed by atoms with E-state index in [0.29, 0.717) is 36.0 Å². The van der Waals surface area contributed by atoms with Crippen molar-refractivity contribution in [2.45, 2.75) is 111 Å². The van der Waals surface area contributed by atoms with E-state index in [1.165, 1.54) is 56.2 Å². The highest BCUT2D eigenvalue weighted by Gasteiger charge is 2.61. The van der Waals surface area contributed by atoms with Crippen molar-refractivity contribution < 1.29 is 15.0 Å². The number of nitrogens with zero attached hydrogens (tertiary/aromatic N) is 2. The van der Waals surface area contributed by atoms with E-state index in [0.717, 1.165) is 31.2 Å². The van der Waals surface area contributed by atoms with Gasteiger partial charge in [-0.05, 0) is 97.3 Å². The van der Waals surface area contributed by atoms with Crippen LogP contribution in [0.25, 0.3) is 0 Å². The lowest BCUT2D eigenvalue weighted by Gasteiger charge is -2.60. The number of aliphatic hydroxyl groups is 1. The molecule has 0 radical (unpaired) electrons. The van der Waals surface area contributed by atoms with Crippen molar-refractivity contribution in [1.29, 1.82) is 0 Å². The Morgan fingerprint density at radius 1 is 1.00 bits per heavy atom. The second kappa shape index (κ2) is 11.9. The third-order valence-electron chi connectivity index (χ3n) is 12.1. The number of hydrogen-bond donors (Lipinski definition) is 3. The smallest absolute Gasteiger partial charge is 0.300 e. The third-order valence-corrected chi connectivity index (χ3v) is 12.1. The van der Waals surface area contributed by atoms with Crippen LogP contribution in [0.5, 0.6) is 0 Å². The van der Waals surface area contributed by atoms with Gasteiger partial charge in [0.2, 0.25) is 0 Å². The highest BCUT2D eigenvalue weighted by molar-refractivity contribution is 5.64. The summed E-state index contributed by atoms with van der Waals surface area (Å²) in [7, 11) is 0. The maximum atomic E-state index is 11.8. The molecule has 3 saturated carbocycles. The molecule has 1 aromatic carbocycles. The summed E-state index contributed by atoms with van der Waals surface area (Å²) in [4.78, 5) is 21.9. The Hall–Kier alpha value is -2.52. The van der Waals surface area contributed by atoms with Gasteiger partial charge in [0.25, 0.3) is 5.69 Å². The molecule has 3 fully saturated rings. The predicted octanol–water partition coefficient (Wildman–Crippen LogP) is 7.80. The average Bonchev–Trinajstić information content (AvgIpc) is 3.29. The van der Waals surface area contributed by atoms with Crippen LogP contribution in [0.1, 0.15) is 98.8 Å². The van der Waals surface area contributed by atoms with Gasteiger partial charge in [-0.25, -0.2) is 5.43 Å². The van der Waals surface area contributed by atoms with Crippen molar-refractivity contribution in [1.82, 2.24) is 5.43 Å². The van der Waals surface area contributed by atoms with E-state index in [-0.39, 0.29) is 40.0 Å². The van der Waals surface area contributed by atoms with Crippen LogP contribution < -0.4 is 10.9 Å². The molecule has 1 aromatic rings. The van der Waals surface area contributed by atoms with Crippen LogP contribution in [0.4, 0.5) is 17.1 Å². The molecule has 4 unspecified atom stereocenters. The minimum absolute atomic E-state index is 0.0576. The molecular weight excluding hydrogens is 532 g/mol. The average molecular weight is 583 g/mol. The zero-order chi connectivity index (χ0) is 30.4. The summed E-state index contributed by atoms with van der Waals surface area (Å²) < 4.78 is 0. The Labute approximate surface area is 250 Å². The van der Waals surface area contributed by atoms with Crippen molar-refractivity contribution in [2.24, 2.45) is 46.3 Å². The summed E-state index contributed by atoms with van der Waals surface area (Å²) in [5, 5.41) is 33.7. The van der Waals surface area contributed by atoms with Crippen LogP contribution in [0.3, 0.4) is 0 Å². The lowest BCUT2D eigenvalue weighted by atomic mass is 9.46. The number of anilines is 1. The number of rotatable bonds is 10. The standard InChI is InChI=1S/C33H50N4O5/c1-20(2)7-6-8-21(3)25-10-11-26-31-27(14-16-33(25,26)5)32(4)15-13-24(38)17-22(32)18-29(31)35-34-28-12-9-23(36(39)40)19-30(28)37(41)42/h9,12,18-21,24-27,29,31,34-35,38H,6-8,10-11,13-17H2,1-5H3/t21-,24+,25-,26?,27?,29?,31?,32+,33-/m1/s1. The molecule has 5 rings (SSSR count). The van der Waals surface area contributed by atoms with Crippen LogP contribution >= 0.6 is 0 Å². The molecule has 0 saturated heterocycles. The molecule has 9 atom stereocenters. The molecule has 4 aliphatic carbocycles. The molecule has 42 heavy (non-hydrogen) atoms. The van der Waals surface area contributed by atoms with Crippen molar-refractivity contribution in [3.8, 4) is 0 Å². The quantitative estimate of drug-likeness (QED) is 0.146. The SMILES string of the molecule is CC(C)CCC[C@@H](C)[C@H]1CCC2C3C(NNc4ccc([N+](=O)[O-])cc4[N+](=O)[O-])C=C4C[C@@H](O)CC[C@]4(C)C3CC[C@@]21C.